The van der Waals surface area contributed by atoms with Crippen LogP contribution in [0.4, 0.5) is 5.69 Å². The summed E-state index contributed by atoms with van der Waals surface area (Å²) in [4.78, 5) is 28.5. The largest absolute Gasteiger partial charge is 0.489 e. The molecule has 178 valence electrons. The summed E-state index contributed by atoms with van der Waals surface area (Å²) >= 11 is 3.41. The smallest absolute Gasteiger partial charge is 0.282 e. The number of ether oxygens (including phenoxy) is 1. The molecule has 0 aliphatic rings. The average Bonchev–Trinajstić information content (AvgIpc) is 2.82. The third kappa shape index (κ3) is 5.63. The predicted molar refractivity (Wildman–Crippen MR) is 139 cm³/mol. The second-order valence-corrected chi connectivity index (χ2v) is 9.91. The van der Waals surface area contributed by atoms with Crippen molar-refractivity contribution in [3.63, 3.8) is 0 Å². The van der Waals surface area contributed by atoms with Crippen LogP contribution in [0.5, 0.6) is 5.75 Å². The lowest BCUT2D eigenvalue weighted by Gasteiger charge is -2.20. The van der Waals surface area contributed by atoms with Crippen molar-refractivity contribution in [1.82, 2.24) is 9.66 Å². The van der Waals surface area contributed by atoms with Crippen LogP contribution in [-0.4, -0.2) is 20.8 Å². The van der Waals surface area contributed by atoms with Crippen molar-refractivity contribution >= 4 is 38.7 Å². The molecule has 8 nitrogen and oxygen atoms in total. The van der Waals surface area contributed by atoms with E-state index in [0.29, 0.717) is 28.0 Å². The Morgan fingerprint density at radius 2 is 1.89 bits per heavy atom. The van der Waals surface area contributed by atoms with Crippen LogP contribution in [0.25, 0.3) is 10.9 Å². The predicted octanol–water partition coefficient (Wildman–Crippen LogP) is 5.83. The lowest BCUT2D eigenvalue weighted by molar-refractivity contribution is -0.384. The zero-order chi connectivity index (χ0) is 25.2. The van der Waals surface area contributed by atoms with E-state index in [1.807, 2.05) is 45.0 Å². The van der Waals surface area contributed by atoms with Crippen LogP contribution in [0.1, 0.15) is 37.7 Å². The summed E-state index contributed by atoms with van der Waals surface area (Å²) in [5.74, 6) is 1.12. The summed E-state index contributed by atoms with van der Waals surface area (Å²) < 4.78 is 7.95. The lowest BCUT2D eigenvalue weighted by atomic mass is 9.95. The summed E-state index contributed by atoms with van der Waals surface area (Å²) in [5, 5.41) is 15.9. The molecule has 1 heterocycles. The van der Waals surface area contributed by atoms with Crippen LogP contribution in [-0.2, 0) is 12.0 Å². The fourth-order valence-electron chi connectivity index (χ4n) is 3.48. The molecule has 4 aromatic rings. The molecule has 35 heavy (non-hydrogen) atoms. The second kappa shape index (κ2) is 9.79. The van der Waals surface area contributed by atoms with Gasteiger partial charge in [0.15, 0.2) is 0 Å². The van der Waals surface area contributed by atoms with E-state index in [4.69, 9.17) is 9.72 Å². The third-order valence-electron chi connectivity index (χ3n) is 5.19. The molecular weight excluding hydrogens is 512 g/mol. The molecule has 0 amide bonds. The van der Waals surface area contributed by atoms with Crippen molar-refractivity contribution in [2.24, 2.45) is 5.10 Å². The Balaban J connectivity index is 1.63. The number of fused-ring (bicyclic) bond motifs is 1. The van der Waals surface area contributed by atoms with E-state index in [0.717, 1.165) is 10.0 Å². The maximum atomic E-state index is 13.3. The van der Waals surface area contributed by atoms with Gasteiger partial charge in [-0.05, 0) is 41.5 Å². The number of non-ortho nitro benzene ring substituents is 1. The number of halogens is 1. The first kappa shape index (κ1) is 24.3. The molecule has 0 atom stereocenters. The molecule has 0 spiro atoms. The van der Waals surface area contributed by atoms with Crippen molar-refractivity contribution in [3.05, 3.63) is 109 Å². The molecule has 0 bridgehead atoms. The highest BCUT2D eigenvalue weighted by Crippen LogP contribution is 2.23. The summed E-state index contributed by atoms with van der Waals surface area (Å²) in [5.41, 5.74) is 1.38. The molecule has 0 unspecified atom stereocenters. The number of benzene rings is 3. The van der Waals surface area contributed by atoms with Crippen LogP contribution in [0, 0.1) is 10.1 Å². The number of nitrogens with zero attached hydrogens (tertiary/aromatic N) is 4. The Morgan fingerprint density at radius 3 is 2.63 bits per heavy atom. The van der Waals surface area contributed by atoms with Crippen molar-refractivity contribution in [2.45, 2.75) is 32.8 Å². The van der Waals surface area contributed by atoms with Gasteiger partial charge < -0.3 is 4.74 Å². The highest BCUT2D eigenvalue weighted by atomic mass is 79.9. The van der Waals surface area contributed by atoms with Crippen molar-refractivity contribution in [1.29, 1.82) is 0 Å². The second-order valence-electron chi connectivity index (χ2n) is 9.00. The molecule has 0 aliphatic carbocycles. The molecule has 0 radical (unpaired) electrons. The highest BCUT2D eigenvalue weighted by molar-refractivity contribution is 9.10. The van der Waals surface area contributed by atoms with Crippen LogP contribution in [0.2, 0.25) is 0 Å². The minimum absolute atomic E-state index is 0.0168. The van der Waals surface area contributed by atoms with E-state index in [9.17, 15) is 14.9 Å². The molecule has 3 aromatic carbocycles. The molecular formula is C26H23BrN4O4. The number of hydrogen-bond acceptors (Lipinski definition) is 6. The van der Waals surface area contributed by atoms with Gasteiger partial charge in [0.25, 0.3) is 11.2 Å². The third-order valence-corrected chi connectivity index (χ3v) is 5.68. The van der Waals surface area contributed by atoms with E-state index in [1.54, 1.807) is 36.5 Å². The fourth-order valence-corrected chi connectivity index (χ4v) is 3.84. The quantitative estimate of drug-likeness (QED) is 0.176. The molecule has 0 saturated carbocycles. The summed E-state index contributed by atoms with van der Waals surface area (Å²) in [6, 6.07) is 19.0. The molecule has 1 aromatic heterocycles. The van der Waals surface area contributed by atoms with E-state index >= 15 is 0 Å². The number of nitro groups is 1. The number of aromatic nitrogens is 2. The number of nitro benzene ring substituents is 1. The zero-order valence-electron chi connectivity index (χ0n) is 19.4. The van der Waals surface area contributed by atoms with E-state index < -0.39 is 10.3 Å². The van der Waals surface area contributed by atoms with E-state index in [2.05, 4.69) is 21.0 Å². The normalized spacial score (nSPS) is 11.8. The molecule has 4 rings (SSSR count). The van der Waals surface area contributed by atoms with Gasteiger partial charge in [-0.3, -0.25) is 14.9 Å². The average molecular weight is 535 g/mol. The van der Waals surface area contributed by atoms with Crippen molar-refractivity contribution in [2.75, 3.05) is 0 Å². The first-order valence-corrected chi connectivity index (χ1v) is 11.6. The Morgan fingerprint density at radius 1 is 1.11 bits per heavy atom. The number of hydrogen-bond donors (Lipinski definition) is 0. The van der Waals surface area contributed by atoms with E-state index in [-0.39, 0.29) is 17.9 Å². The van der Waals surface area contributed by atoms with Gasteiger partial charge in [-0.2, -0.15) is 9.78 Å². The van der Waals surface area contributed by atoms with Gasteiger partial charge in [0.05, 0.1) is 22.0 Å². The fraction of sp³-hybridized carbons (Fsp3) is 0.192. The van der Waals surface area contributed by atoms with Gasteiger partial charge in [-0.25, -0.2) is 4.98 Å². The number of rotatable bonds is 6. The van der Waals surface area contributed by atoms with Crippen LogP contribution in [0.15, 0.2) is 81.1 Å². The molecule has 0 aliphatic heterocycles. The molecule has 0 saturated heterocycles. The topological polar surface area (TPSA) is 99.6 Å². The van der Waals surface area contributed by atoms with E-state index in [1.165, 1.54) is 16.8 Å². The van der Waals surface area contributed by atoms with Gasteiger partial charge in [-0.1, -0.05) is 61.0 Å². The summed E-state index contributed by atoms with van der Waals surface area (Å²) in [6.45, 7) is 6.12. The first-order chi connectivity index (χ1) is 16.6. The Bertz CT molecular complexity index is 1510. The van der Waals surface area contributed by atoms with Crippen LogP contribution < -0.4 is 10.3 Å². The van der Waals surface area contributed by atoms with Crippen LogP contribution >= 0.6 is 15.9 Å². The van der Waals surface area contributed by atoms with Gasteiger partial charge in [-0.15, -0.1) is 0 Å². The minimum atomic E-state index is -0.436. The molecule has 9 heteroatoms. The lowest BCUT2D eigenvalue weighted by Crippen LogP contribution is -2.29. The first-order valence-electron chi connectivity index (χ1n) is 10.9. The zero-order valence-corrected chi connectivity index (χ0v) is 21.0. The standard InChI is InChI=1S/C26H23BrN4O4/c1-26(2,3)25-29-23-11-10-19(27)14-22(23)24(32)30(25)28-15-17-6-5-9-21(13-17)35-16-18-7-4-8-20(12-18)31(33)34/h4-15H,16H2,1-3H3. The van der Waals surface area contributed by atoms with Gasteiger partial charge in [0.2, 0.25) is 0 Å². The summed E-state index contributed by atoms with van der Waals surface area (Å²) in [6.07, 6.45) is 1.59. The van der Waals surface area contributed by atoms with Gasteiger partial charge in [0.1, 0.15) is 18.2 Å². The summed E-state index contributed by atoms with van der Waals surface area (Å²) in [7, 11) is 0. The maximum Gasteiger partial charge on any atom is 0.282 e. The Hall–Kier alpha value is -3.85. The Kier molecular flexibility index (Phi) is 6.79. The molecule has 0 N–H and O–H groups in total. The van der Waals surface area contributed by atoms with Crippen molar-refractivity contribution < 1.29 is 9.66 Å². The van der Waals surface area contributed by atoms with Crippen LogP contribution in [0.3, 0.4) is 0 Å². The monoisotopic (exact) mass is 534 g/mol. The SMILES string of the molecule is CC(C)(C)c1nc2ccc(Br)cc2c(=O)n1N=Cc1cccc(OCc2cccc([N+](=O)[O-])c2)c1. The highest BCUT2D eigenvalue weighted by Gasteiger charge is 2.22. The minimum Gasteiger partial charge on any atom is -0.489 e. The van der Waals surface area contributed by atoms with Gasteiger partial charge in [0, 0.05) is 22.0 Å². The van der Waals surface area contributed by atoms with Gasteiger partial charge >= 0.3 is 0 Å². The Labute approximate surface area is 210 Å². The molecule has 0 fully saturated rings. The van der Waals surface area contributed by atoms with Crippen molar-refractivity contribution in [3.8, 4) is 5.75 Å². The maximum absolute atomic E-state index is 13.3.